The van der Waals surface area contributed by atoms with Gasteiger partial charge in [0, 0.05) is 19.6 Å². The quantitative estimate of drug-likeness (QED) is 0.821. The van der Waals surface area contributed by atoms with Crippen molar-refractivity contribution in [3.63, 3.8) is 0 Å². The normalized spacial score (nSPS) is 22.5. The molecule has 0 spiro atoms. The first kappa shape index (κ1) is 11.5. The first-order valence-corrected chi connectivity index (χ1v) is 5.95. The van der Waals surface area contributed by atoms with E-state index in [1.165, 1.54) is 0 Å². The van der Waals surface area contributed by atoms with Crippen molar-refractivity contribution in [3.05, 3.63) is 11.7 Å². The average Bonchev–Trinajstić information content (AvgIpc) is 2.90. The average molecular weight is 225 g/mol. The molecule has 5 heteroatoms. The van der Waals surface area contributed by atoms with Gasteiger partial charge in [0.2, 0.25) is 5.89 Å². The number of rotatable bonds is 5. The summed E-state index contributed by atoms with van der Waals surface area (Å²) >= 11 is 0. The number of aromatic nitrogens is 2. The maximum atomic E-state index is 5.91. The Labute approximate surface area is 95.3 Å². The van der Waals surface area contributed by atoms with E-state index in [0.29, 0.717) is 11.8 Å². The van der Waals surface area contributed by atoms with Gasteiger partial charge in [-0.05, 0) is 18.8 Å². The van der Waals surface area contributed by atoms with Gasteiger partial charge in [-0.1, -0.05) is 18.5 Å². The Bertz CT molecular complexity index is 321. The zero-order chi connectivity index (χ0) is 11.4. The molecule has 0 amide bonds. The second-order valence-electron chi connectivity index (χ2n) is 4.38. The summed E-state index contributed by atoms with van der Waals surface area (Å²) in [7, 11) is 0. The molecule has 2 rings (SSSR count). The van der Waals surface area contributed by atoms with Gasteiger partial charge >= 0.3 is 0 Å². The minimum Gasteiger partial charge on any atom is -0.381 e. The third-order valence-corrected chi connectivity index (χ3v) is 2.90. The van der Waals surface area contributed by atoms with E-state index in [4.69, 9.17) is 15.0 Å². The van der Waals surface area contributed by atoms with E-state index >= 15 is 0 Å². The number of hydrogen-bond acceptors (Lipinski definition) is 5. The molecule has 1 aliphatic rings. The lowest BCUT2D eigenvalue weighted by molar-refractivity contribution is 0.185. The molecule has 5 nitrogen and oxygen atoms in total. The summed E-state index contributed by atoms with van der Waals surface area (Å²) in [5, 5.41) is 3.96. The van der Waals surface area contributed by atoms with Gasteiger partial charge in [-0.2, -0.15) is 4.98 Å². The van der Waals surface area contributed by atoms with Crippen molar-refractivity contribution in [2.75, 3.05) is 13.2 Å². The third kappa shape index (κ3) is 2.80. The summed E-state index contributed by atoms with van der Waals surface area (Å²) in [5.74, 6) is 1.86. The van der Waals surface area contributed by atoms with E-state index in [2.05, 4.69) is 17.1 Å². The molecule has 0 aliphatic carbocycles. The van der Waals surface area contributed by atoms with E-state index in [1.54, 1.807) is 0 Å². The van der Waals surface area contributed by atoms with E-state index in [-0.39, 0.29) is 6.04 Å². The number of nitrogens with two attached hydrogens (primary N) is 1. The van der Waals surface area contributed by atoms with Gasteiger partial charge < -0.3 is 15.0 Å². The fourth-order valence-electron chi connectivity index (χ4n) is 1.94. The van der Waals surface area contributed by atoms with Gasteiger partial charge in [0.25, 0.3) is 0 Å². The van der Waals surface area contributed by atoms with Crippen LogP contribution < -0.4 is 5.73 Å². The van der Waals surface area contributed by atoms with Crippen LogP contribution in [0.4, 0.5) is 0 Å². The Morgan fingerprint density at radius 1 is 1.56 bits per heavy atom. The molecule has 0 bridgehead atoms. The van der Waals surface area contributed by atoms with Gasteiger partial charge in [0.05, 0.1) is 6.04 Å². The van der Waals surface area contributed by atoms with Gasteiger partial charge in [-0.15, -0.1) is 0 Å². The van der Waals surface area contributed by atoms with Gasteiger partial charge in [0.15, 0.2) is 5.82 Å². The highest BCUT2D eigenvalue weighted by atomic mass is 16.5. The highest BCUT2D eigenvalue weighted by Gasteiger charge is 2.20. The lowest BCUT2D eigenvalue weighted by atomic mass is 10.1. The summed E-state index contributed by atoms with van der Waals surface area (Å²) < 4.78 is 10.5. The molecule has 1 aromatic rings. The second-order valence-corrected chi connectivity index (χ2v) is 4.38. The summed E-state index contributed by atoms with van der Waals surface area (Å²) in [6.45, 7) is 3.75. The SMILES string of the molecule is CCCC(N)c1nc(CC2CCOC2)no1. The van der Waals surface area contributed by atoms with E-state index in [0.717, 1.165) is 44.7 Å². The molecular formula is C11H19N3O2. The fraction of sp³-hybridized carbons (Fsp3) is 0.818. The maximum absolute atomic E-state index is 5.91. The highest BCUT2D eigenvalue weighted by Crippen LogP contribution is 2.18. The number of ether oxygens (including phenoxy) is 1. The van der Waals surface area contributed by atoms with Crippen molar-refractivity contribution in [1.29, 1.82) is 0 Å². The van der Waals surface area contributed by atoms with Crippen LogP contribution in [0.15, 0.2) is 4.52 Å². The summed E-state index contributed by atoms with van der Waals surface area (Å²) in [5.41, 5.74) is 5.91. The Balaban J connectivity index is 1.90. The predicted octanol–water partition coefficient (Wildman–Crippen LogP) is 1.45. The summed E-state index contributed by atoms with van der Waals surface area (Å²) in [6, 6.07) is -0.119. The molecule has 90 valence electrons. The van der Waals surface area contributed by atoms with Gasteiger partial charge in [-0.3, -0.25) is 0 Å². The van der Waals surface area contributed by atoms with Crippen LogP contribution in [0.25, 0.3) is 0 Å². The van der Waals surface area contributed by atoms with Crippen LogP contribution in [0.2, 0.25) is 0 Å². The smallest absolute Gasteiger partial charge is 0.243 e. The van der Waals surface area contributed by atoms with Crippen molar-refractivity contribution in [3.8, 4) is 0 Å². The summed E-state index contributed by atoms with van der Waals surface area (Å²) in [4.78, 5) is 4.33. The van der Waals surface area contributed by atoms with E-state index in [1.807, 2.05) is 0 Å². The van der Waals surface area contributed by atoms with Gasteiger partial charge in [-0.25, -0.2) is 0 Å². The lowest BCUT2D eigenvalue weighted by Gasteiger charge is -2.03. The van der Waals surface area contributed by atoms with E-state index < -0.39 is 0 Å². The molecule has 1 aromatic heterocycles. The van der Waals surface area contributed by atoms with Crippen molar-refractivity contribution in [2.24, 2.45) is 11.7 Å². The molecule has 0 radical (unpaired) electrons. The molecular weight excluding hydrogens is 206 g/mol. The van der Waals surface area contributed by atoms with E-state index in [9.17, 15) is 0 Å². The Hall–Kier alpha value is -0.940. The van der Waals surface area contributed by atoms with Crippen molar-refractivity contribution < 1.29 is 9.26 Å². The molecule has 2 atom stereocenters. The topological polar surface area (TPSA) is 74.2 Å². The molecule has 2 N–H and O–H groups in total. The number of hydrogen-bond donors (Lipinski definition) is 1. The fourth-order valence-corrected chi connectivity index (χ4v) is 1.94. The van der Waals surface area contributed by atoms with Crippen LogP contribution in [0.3, 0.4) is 0 Å². The molecule has 2 heterocycles. The van der Waals surface area contributed by atoms with Crippen molar-refractivity contribution in [2.45, 2.75) is 38.6 Å². The second kappa shape index (κ2) is 5.41. The summed E-state index contributed by atoms with van der Waals surface area (Å²) in [6.07, 6.45) is 3.83. The first-order valence-electron chi connectivity index (χ1n) is 5.95. The highest BCUT2D eigenvalue weighted by molar-refractivity contribution is 4.93. The number of nitrogens with zero attached hydrogens (tertiary/aromatic N) is 2. The molecule has 0 saturated carbocycles. The Morgan fingerprint density at radius 3 is 3.12 bits per heavy atom. The Kier molecular flexibility index (Phi) is 3.90. The maximum Gasteiger partial charge on any atom is 0.243 e. The van der Waals surface area contributed by atoms with Crippen LogP contribution in [-0.2, 0) is 11.2 Å². The third-order valence-electron chi connectivity index (χ3n) is 2.90. The van der Waals surface area contributed by atoms with Crippen LogP contribution in [0.5, 0.6) is 0 Å². The predicted molar refractivity (Wildman–Crippen MR) is 58.8 cm³/mol. The lowest BCUT2D eigenvalue weighted by Crippen LogP contribution is -2.10. The molecule has 1 aliphatic heterocycles. The van der Waals surface area contributed by atoms with Crippen LogP contribution in [0, 0.1) is 5.92 Å². The molecule has 0 aromatic carbocycles. The molecule has 16 heavy (non-hydrogen) atoms. The molecule has 2 unspecified atom stereocenters. The first-order chi connectivity index (χ1) is 7.79. The van der Waals surface area contributed by atoms with Crippen LogP contribution >= 0.6 is 0 Å². The zero-order valence-corrected chi connectivity index (χ0v) is 9.69. The molecule has 1 fully saturated rings. The minimum atomic E-state index is -0.119. The zero-order valence-electron chi connectivity index (χ0n) is 9.69. The van der Waals surface area contributed by atoms with Crippen molar-refractivity contribution >= 4 is 0 Å². The minimum absolute atomic E-state index is 0.119. The van der Waals surface area contributed by atoms with Crippen molar-refractivity contribution in [1.82, 2.24) is 10.1 Å². The standard InChI is InChI=1S/C11H19N3O2/c1-2-3-9(12)11-13-10(14-16-11)6-8-4-5-15-7-8/h8-9H,2-7,12H2,1H3. The Morgan fingerprint density at radius 2 is 2.44 bits per heavy atom. The largest absolute Gasteiger partial charge is 0.381 e. The molecule has 1 saturated heterocycles. The van der Waals surface area contributed by atoms with Gasteiger partial charge in [0.1, 0.15) is 0 Å². The van der Waals surface area contributed by atoms with Crippen LogP contribution in [0.1, 0.15) is 43.9 Å². The monoisotopic (exact) mass is 225 g/mol. The van der Waals surface area contributed by atoms with Crippen LogP contribution in [-0.4, -0.2) is 23.4 Å².